The van der Waals surface area contributed by atoms with Crippen LogP contribution in [0.15, 0.2) is 30.3 Å². The minimum absolute atomic E-state index is 0.0663. The number of likely N-dealkylation sites (tertiary alicyclic amines) is 1. The minimum Gasteiger partial charge on any atom is -0.481 e. The van der Waals surface area contributed by atoms with Crippen molar-refractivity contribution in [3.8, 4) is 0 Å². The number of carboxylic acids is 1. The SMILES string of the molecule is O=C(NC1CCCCC1)N1CC[C@@H](O)[C@](CCCc2ccccc2)(C(=O)O)C1. The van der Waals surface area contributed by atoms with Gasteiger partial charge in [-0.1, -0.05) is 49.6 Å². The Morgan fingerprint density at radius 2 is 1.82 bits per heavy atom. The van der Waals surface area contributed by atoms with Gasteiger partial charge in [0.15, 0.2) is 0 Å². The standard InChI is InChI=1S/C22H32N2O4/c25-19-13-15-24(21(28)23-18-11-5-2-6-12-18)16-22(19,20(26)27)14-7-10-17-8-3-1-4-9-17/h1,3-4,8-9,18-19,25H,2,5-7,10-16H2,(H,23,28)(H,26,27)/t19-,22-/m1/s1. The summed E-state index contributed by atoms with van der Waals surface area (Å²) in [4.78, 5) is 26.5. The monoisotopic (exact) mass is 388 g/mol. The number of aryl methyl sites for hydroxylation is 1. The first-order chi connectivity index (χ1) is 13.5. The highest BCUT2D eigenvalue weighted by Gasteiger charge is 2.49. The maximum absolute atomic E-state index is 12.7. The van der Waals surface area contributed by atoms with Gasteiger partial charge >= 0.3 is 12.0 Å². The van der Waals surface area contributed by atoms with E-state index < -0.39 is 17.5 Å². The first-order valence-corrected chi connectivity index (χ1v) is 10.5. The molecule has 28 heavy (non-hydrogen) atoms. The molecule has 6 heteroatoms. The molecule has 1 aliphatic carbocycles. The van der Waals surface area contributed by atoms with E-state index in [2.05, 4.69) is 5.32 Å². The summed E-state index contributed by atoms with van der Waals surface area (Å²) in [5.74, 6) is -1.01. The molecule has 1 saturated carbocycles. The molecule has 1 heterocycles. The Labute approximate surface area is 166 Å². The van der Waals surface area contributed by atoms with Crippen molar-refractivity contribution < 1.29 is 19.8 Å². The summed E-state index contributed by atoms with van der Waals surface area (Å²) in [6.07, 6.45) is 6.59. The second kappa shape index (κ2) is 9.41. The molecule has 2 aliphatic rings. The second-order valence-electron chi connectivity index (χ2n) is 8.31. The number of aliphatic hydroxyl groups excluding tert-OH is 1. The van der Waals surface area contributed by atoms with E-state index in [-0.39, 0.29) is 18.6 Å². The third kappa shape index (κ3) is 4.85. The van der Waals surface area contributed by atoms with Gasteiger partial charge in [0.05, 0.1) is 6.10 Å². The van der Waals surface area contributed by atoms with Gasteiger partial charge in [0, 0.05) is 19.1 Å². The number of hydrogen-bond acceptors (Lipinski definition) is 3. The van der Waals surface area contributed by atoms with Crippen molar-refractivity contribution >= 4 is 12.0 Å². The van der Waals surface area contributed by atoms with Crippen LogP contribution in [0.4, 0.5) is 4.79 Å². The average Bonchev–Trinajstić information content (AvgIpc) is 2.70. The summed E-state index contributed by atoms with van der Waals surface area (Å²) >= 11 is 0. The summed E-state index contributed by atoms with van der Waals surface area (Å²) < 4.78 is 0. The topological polar surface area (TPSA) is 89.9 Å². The summed E-state index contributed by atoms with van der Waals surface area (Å²) in [7, 11) is 0. The summed E-state index contributed by atoms with van der Waals surface area (Å²) in [5, 5.41) is 23.6. The zero-order valence-corrected chi connectivity index (χ0v) is 16.5. The normalized spacial score (nSPS) is 26.0. The number of piperidine rings is 1. The zero-order chi connectivity index (χ0) is 20.0. The molecule has 1 aromatic rings. The van der Waals surface area contributed by atoms with Crippen molar-refractivity contribution in [2.75, 3.05) is 13.1 Å². The Bertz CT molecular complexity index is 660. The lowest BCUT2D eigenvalue weighted by Crippen LogP contribution is -2.59. The van der Waals surface area contributed by atoms with Gasteiger partial charge in [0.1, 0.15) is 5.41 Å². The van der Waals surface area contributed by atoms with E-state index in [1.54, 1.807) is 4.90 Å². The molecule has 6 nitrogen and oxygen atoms in total. The van der Waals surface area contributed by atoms with E-state index in [1.165, 1.54) is 6.42 Å². The fourth-order valence-electron chi connectivity index (χ4n) is 4.58. The van der Waals surface area contributed by atoms with Gasteiger partial charge < -0.3 is 20.4 Å². The lowest BCUT2D eigenvalue weighted by molar-refractivity contribution is -0.162. The summed E-state index contributed by atoms with van der Waals surface area (Å²) in [6.45, 7) is 0.463. The highest BCUT2D eigenvalue weighted by Crippen LogP contribution is 2.36. The van der Waals surface area contributed by atoms with E-state index >= 15 is 0 Å². The Kier molecular flexibility index (Phi) is 6.94. The van der Waals surface area contributed by atoms with Crippen LogP contribution in [0.25, 0.3) is 0 Å². The van der Waals surface area contributed by atoms with Gasteiger partial charge in [0.2, 0.25) is 0 Å². The second-order valence-corrected chi connectivity index (χ2v) is 8.31. The van der Waals surface area contributed by atoms with Gasteiger partial charge in [-0.15, -0.1) is 0 Å². The molecule has 2 amide bonds. The molecule has 3 N–H and O–H groups in total. The molecule has 0 aromatic heterocycles. The third-order valence-electron chi connectivity index (χ3n) is 6.36. The van der Waals surface area contributed by atoms with Crippen LogP contribution in [-0.2, 0) is 11.2 Å². The van der Waals surface area contributed by atoms with E-state index in [4.69, 9.17) is 0 Å². The number of rotatable bonds is 6. The molecule has 1 aromatic carbocycles. The number of carbonyl (C=O) groups is 2. The predicted molar refractivity (Wildman–Crippen MR) is 107 cm³/mol. The smallest absolute Gasteiger partial charge is 0.317 e. The van der Waals surface area contributed by atoms with Crippen LogP contribution in [0.3, 0.4) is 0 Å². The fraction of sp³-hybridized carbons (Fsp3) is 0.636. The number of aliphatic hydroxyl groups is 1. The van der Waals surface area contributed by atoms with Crippen molar-refractivity contribution in [3.05, 3.63) is 35.9 Å². The lowest BCUT2D eigenvalue weighted by Gasteiger charge is -2.43. The molecule has 0 radical (unpaired) electrons. The van der Waals surface area contributed by atoms with Crippen LogP contribution in [0.5, 0.6) is 0 Å². The van der Waals surface area contributed by atoms with Gasteiger partial charge in [-0.25, -0.2) is 4.79 Å². The van der Waals surface area contributed by atoms with Crippen molar-refractivity contribution in [2.45, 2.75) is 69.9 Å². The zero-order valence-electron chi connectivity index (χ0n) is 16.5. The minimum atomic E-state index is -1.29. The number of carboxylic acid groups (broad SMARTS) is 1. The molecule has 3 rings (SSSR count). The highest BCUT2D eigenvalue weighted by molar-refractivity contribution is 5.79. The van der Waals surface area contributed by atoms with Crippen LogP contribution in [0, 0.1) is 5.41 Å². The molecule has 2 atom stereocenters. The average molecular weight is 389 g/mol. The number of amides is 2. The maximum atomic E-state index is 12.7. The van der Waals surface area contributed by atoms with Crippen molar-refractivity contribution in [1.29, 1.82) is 0 Å². The molecule has 0 spiro atoms. The Hall–Kier alpha value is -2.08. The Balaban J connectivity index is 1.62. The molecular weight excluding hydrogens is 356 g/mol. The number of urea groups is 1. The lowest BCUT2D eigenvalue weighted by atomic mass is 9.73. The van der Waals surface area contributed by atoms with Crippen LogP contribution in [0.1, 0.15) is 56.9 Å². The van der Waals surface area contributed by atoms with Crippen LogP contribution >= 0.6 is 0 Å². The fourth-order valence-corrected chi connectivity index (χ4v) is 4.58. The first-order valence-electron chi connectivity index (χ1n) is 10.5. The Morgan fingerprint density at radius 1 is 1.11 bits per heavy atom. The molecule has 0 bridgehead atoms. The van der Waals surface area contributed by atoms with Crippen LogP contribution < -0.4 is 5.32 Å². The van der Waals surface area contributed by atoms with Gasteiger partial charge in [-0.3, -0.25) is 4.79 Å². The van der Waals surface area contributed by atoms with Crippen molar-refractivity contribution in [2.24, 2.45) is 5.41 Å². The molecule has 0 unspecified atom stereocenters. The van der Waals surface area contributed by atoms with E-state index in [9.17, 15) is 19.8 Å². The van der Waals surface area contributed by atoms with Gasteiger partial charge in [-0.05, 0) is 44.1 Å². The highest BCUT2D eigenvalue weighted by atomic mass is 16.4. The van der Waals surface area contributed by atoms with E-state index in [1.807, 2.05) is 30.3 Å². The number of carbonyl (C=O) groups excluding carboxylic acids is 1. The van der Waals surface area contributed by atoms with Crippen molar-refractivity contribution in [3.63, 3.8) is 0 Å². The summed E-state index contributed by atoms with van der Waals surface area (Å²) in [6, 6.07) is 9.93. The number of nitrogens with zero attached hydrogens (tertiary/aromatic N) is 1. The van der Waals surface area contributed by atoms with Crippen molar-refractivity contribution in [1.82, 2.24) is 10.2 Å². The third-order valence-corrected chi connectivity index (χ3v) is 6.36. The summed E-state index contributed by atoms with van der Waals surface area (Å²) in [5.41, 5.74) is -0.142. The number of nitrogens with one attached hydrogen (secondary N) is 1. The maximum Gasteiger partial charge on any atom is 0.317 e. The van der Waals surface area contributed by atoms with Crippen LogP contribution in [-0.4, -0.2) is 52.3 Å². The number of benzene rings is 1. The molecule has 2 fully saturated rings. The van der Waals surface area contributed by atoms with Crippen LogP contribution in [0.2, 0.25) is 0 Å². The number of aliphatic carboxylic acids is 1. The van der Waals surface area contributed by atoms with Gasteiger partial charge in [0.25, 0.3) is 0 Å². The van der Waals surface area contributed by atoms with E-state index in [0.29, 0.717) is 25.8 Å². The molecule has 1 saturated heterocycles. The van der Waals surface area contributed by atoms with E-state index in [0.717, 1.165) is 37.7 Å². The largest absolute Gasteiger partial charge is 0.481 e. The quantitative estimate of drug-likeness (QED) is 0.698. The molecular formula is C22H32N2O4. The van der Waals surface area contributed by atoms with Gasteiger partial charge in [-0.2, -0.15) is 0 Å². The Morgan fingerprint density at radius 3 is 2.50 bits per heavy atom. The molecule has 1 aliphatic heterocycles. The molecule has 154 valence electrons. The predicted octanol–water partition coefficient (Wildman–Crippen LogP) is 3.19. The number of hydrogen-bond donors (Lipinski definition) is 3. The first kappa shape index (κ1) is 20.6.